The van der Waals surface area contributed by atoms with Gasteiger partial charge in [-0.3, -0.25) is 14.9 Å². The summed E-state index contributed by atoms with van der Waals surface area (Å²) in [6, 6.07) is 6.93. The van der Waals surface area contributed by atoms with Gasteiger partial charge >= 0.3 is 11.9 Å². The molecule has 0 saturated carbocycles. The number of amides is 1. The third kappa shape index (κ3) is 4.94. The van der Waals surface area contributed by atoms with E-state index in [1.54, 1.807) is 0 Å². The molecule has 1 N–H and O–H groups in total. The van der Waals surface area contributed by atoms with Crippen LogP contribution in [0.25, 0.3) is 11.3 Å². The average molecular weight is 464 g/mol. The number of halogens is 3. The molecule has 0 fully saturated rings. The molecule has 2 aromatic heterocycles. The van der Waals surface area contributed by atoms with Crippen LogP contribution in [-0.4, -0.2) is 28.1 Å². The fourth-order valence-corrected chi connectivity index (χ4v) is 2.94. The standard InChI is InChI=1S/C21H19F3N4O5/c1-20(2,3)16-10-15(33-27-16)18(29)25-14-9-13(26-19(32-4)17(14)28(30)31)11-7-5-6-8-12(11)21(22,23)24/h5-10H,1-4H3,(H,25,26,29). The van der Waals surface area contributed by atoms with Crippen LogP contribution < -0.4 is 10.1 Å². The van der Waals surface area contributed by atoms with Gasteiger partial charge in [-0.2, -0.15) is 13.2 Å². The highest BCUT2D eigenvalue weighted by Crippen LogP contribution is 2.41. The Balaban J connectivity index is 2.13. The van der Waals surface area contributed by atoms with E-state index in [4.69, 9.17) is 9.26 Å². The maximum Gasteiger partial charge on any atom is 0.417 e. The van der Waals surface area contributed by atoms with Crippen LogP contribution in [0.4, 0.5) is 24.5 Å². The summed E-state index contributed by atoms with van der Waals surface area (Å²) in [6.07, 6.45) is -4.71. The van der Waals surface area contributed by atoms with E-state index in [0.717, 1.165) is 25.3 Å². The largest absolute Gasteiger partial charge is 0.476 e. The molecule has 1 aromatic carbocycles. The number of carbonyl (C=O) groups is 1. The lowest BCUT2D eigenvalue weighted by Gasteiger charge is -2.14. The lowest BCUT2D eigenvalue weighted by molar-refractivity contribution is -0.385. The molecule has 0 saturated heterocycles. The van der Waals surface area contributed by atoms with E-state index in [2.05, 4.69) is 15.5 Å². The Hall–Kier alpha value is -3.96. The number of hydrogen-bond acceptors (Lipinski definition) is 7. The molecule has 0 aliphatic heterocycles. The number of methoxy groups -OCH3 is 1. The number of anilines is 1. The number of pyridine rings is 1. The number of nitro groups is 1. The molecule has 1 amide bonds. The second kappa shape index (κ2) is 8.52. The molecule has 2 heterocycles. The van der Waals surface area contributed by atoms with Gasteiger partial charge in [-0.1, -0.05) is 44.1 Å². The van der Waals surface area contributed by atoms with Gasteiger partial charge in [-0.15, -0.1) is 0 Å². The Morgan fingerprint density at radius 3 is 2.39 bits per heavy atom. The van der Waals surface area contributed by atoms with Gasteiger partial charge in [0, 0.05) is 17.0 Å². The molecule has 33 heavy (non-hydrogen) atoms. The molecule has 0 aliphatic rings. The van der Waals surface area contributed by atoms with E-state index >= 15 is 0 Å². The van der Waals surface area contributed by atoms with Gasteiger partial charge in [-0.05, 0) is 12.1 Å². The number of ether oxygens (including phenoxy) is 1. The third-order valence-corrected chi connectivity index (χ3v) is 4.60. The molecule has 0 aliphatic carbocycles. The second-order valence-electron chi connectivity index (χ2n) is 7.99. The zero-order chi connectivity index (χ0) is 24.6. The first-order valence-electron chi connectivity index (χ1n) is 9.51. The first-order valence-corrected chi connectivity index (χ1v) is 9.51. The van der Waals surface area contributed by atoms with Crippen molar-refractivity contribution in [2.45, 2.75) is 32.4 Å². The summed E-state index contributed by atoms with van der Waals surface area (Å²) < 4.78 is 50.5. The van der Waals surface area contributed by atoms with Crippen molar-refractivity contribution in [1.29, 1.82) is 0 Å². The van der Waals surface area contributed by atoms with Gasteiger partial charge in [-0.25, -0.2) is 4.98 Å². The lowest BCUT2D eigenvalue weighted by atomic mass is 9.92. The molecule has 0 atom stereocenters. The smallest absolute Gasteiger partial charge is 0.417 e. The Bertz CT molecular complexity index is 1220. The fourth-order valence-electron chi connectivity index (χ4n) is 2.94. The number of rotatable bonds is 5. The van der Waals surface area contributed by atoms with Crippen molar-refractivity contribution in [2.75, 3.05) is 12.4 Å². The predicted molar refractivity (Wildman–Crippen MR) is 111 cm³/mol. The fraction of sp³-hybridized carbons (Fsp3) is 0.286. The Kier molecular flexibility index (Phi) is 6.12. The summed E-state index contributed by atoms with van der Waals surface area (Å²) in [5, 5.41) is 17.8. The highest BCUT2D eigenvalue weighted by Gasteiger charge is 2.35. The van der Waals surface area contributed by atoms with E-state index in [9.17, 15) is 28.1 Å². The van der Waals surface area contributed by atoms with E-state index < -0.39 is 45.2 Å². The van der Waals surface area contributed by atoms with Crippen molar-refractivity contribution in [3.63, 3.8) is 0 Å². The zero-order valence-corrected chi connectivity index (χ0v) is 18.0. The summed E-state index contributed by atoms with van der Waals surface area (Å²) in [5.74, 6) is -1.69. The van der Waals surface area contributed by atoms with Gasteiger partial charge in [0.1, 0.15) is 5.69 Å². The molecule has 12 heteroatoms. The van der Waals surface area contributed by atoms with Crippen LogP contribution >= 0.6 is 0 Å². The number of alkyl halides is 3. The van der Waals surface area contributed by atoms with E-state index in [1.165, 1.54) is 18.2 Å². The number of aromatic nitrogens is 2. The van der Waals surface area contributed by atoms with Gasteiger partial charge in [0.2, 0.25) is 5.76 Å². The van der Waals surface area contributed by atoms with Gasteiger partial charge in [0.05, 0.1) is 29.0 Å². The van der Waals surface area contributed by atoms with Crippen molar-refractivity contribution in [2.24, 2.45) is 0 Å². The second-order valence-corrected chi connectivity index (χ2v) is 7.99. The Morgan fingerprint density at radius 1 is 1.18 bits per heavy atom. The van der Waals surface area contributed by atoms with Crippen LogP contribution in [0.1, 0.15) is 42.6 Å². The van der Waals surface area contributed by atoms with Crippen LogP contribution in [0.3, 0.4) is 0 Å². The van der Waals surface area contributed by atoms with E-state index in [0.29, 0.717) is 5.69 Å². The minimum Gasteiger partial charge on any atom is -0.476 e. The molecule has 0 radical (unpaired) electrons. The van der Waals surface area contributed by atoms with Crippen molar-refractivity contribution in [3.8, 4) is 17.1 Å². The Morgan fingerprint density at radius 2 is 1.85 bits per heavy atom. The van der Waals surface area contributed by atoms with Crippen LogP contribution in [-0.2, 0) is 11.6 Å². The summed E-state index contributed by atoms with van der Waals surface area (Å²) in [4.78, 5) is 27.4. The highest BCUT2D eigenvalue weighted by atomic mass is 19.4. The number of hydrogen-bond donors (Lipinski definition) is 1. The first kappa shape index (κ1) is 23.7. The van der Waals surface area contributed by atoms with Gasteiger partial charge in [0.25, 0.3) is 11.8 Å². The molecule has 174 valence electrons. The predicted octanol–water partition coefficient (Wildman–Crippen LogP) is 5.22. The summed E-state index contributed by atoms with van der Waals surface area (Å²) in [5.41, 5.74) is -2.74. The van der Waals surface area contributed by atoms with Crippen LogP contribution in [0.15, 0.2) is 40.9 Å². The normalized spacial score (nSPS) is 11.8. The number of benzene rings is 1. The highest BCUT2D eigenvalue weighted by molar-refractivity contribution is 6.04. The molecule has 0 bridgehead atoms. The SMILES string of the molecule is COc1nc(-c2ccccc2C(F)(F)F)cc(NC(=O)c2cc(C(C)(C)C)no2)c1[N+](=O)[O-]. The Labute approximate surface area is 185 Å². The van der Waals surface area contributed by atoms with Crippen LogP contribution in [0.2, 0.25) is 0 Å². The lowest BCUT2D eigenvalue weighted by Crippen LogP contribution is -2.14. The summed E-state index contributed by atoms with van der Waals surface area (Å²) in [6.45, 7) is 5.53. The monoisotopic (exact) mass is 464 g/mol. The minimum atomic E-state index is -4.71. The number of nitrogens with one attached hydrogen (secondary N) is 1. The topological polar surface area (TPSA) is 120 Å². The summed E-state index contributed by atoms with van der Waals surface area (Å²) >= 11 is 0. The van der Waals surface area contributed by atoms with Crippen molar-refractivity contribution >= 4 is 17.3 Å². The zero-order valence-electron chi connectivity index (χ0n) is 18.0. The number of nitrogens with zero attached hydrogens (tertiary/aromatic N) is 3. The van der Waals surface area contributed by atoms with Crippen LogP contribution in [0.5, 0.6) is 5.88 Å². The molecule has 3 aromatic rings. The quantitative estimate of drug-likeness (QED) is 0.406. The van der Waals surface area contributed by atoms with Crippen LogP contribution in [0, 0.1) is 10.1 Å². The molecule has 0 spiro atoms. The molecular formula is C21H19F3N4O5. The molecule has 9 nitrogen and oxygen atoms in total. The maximum atomic E-state index is 13.5. The maximum absolute atomic E-state index is 13.5. The van der Waals surface area contributed by atoms with E-state index in [1.807, 2.05) is 20.8 Å². The number of carbonyl (C=O) groups excluding carboxylic acids is 1. The van der Waals surface area contributed by atoms with Crippen molar-refractivity contribution in [1.82, 2.24) is 10.1 Å². The molecule has 0 unspecified atom stereocenters. The average Bonchev–Trinajstić information content (AvgIpc) is 3.23. The minimum absolute atomic E-state index is 0.234. The van der Waals surface area contributed by atoms with Crippen molar-refractivity contribution < 1.29 is 32.1 Å². The molecule has 3 rings (SSSR count). The van der Waals surface area contributed by atoms with E-state index in [-0.39, 0.29) is 17.0 Å². The summed E-state index contributed by atoms with van der Waals surface area (Å²) in [7, 11) is 1.08. The van der Waals surface area contributed by atoms with Gasteiger partial charge in [0.15, 0.2) is 0 Å². The first-order chi connectivity index (χ1) is 15.3. The van der Waals surface area contributed by atoms with Crippen molar-refractivity contribution in [3.05, 3.63) is 63.5 Å². The van der Waals surface area contributed by atoms with Gasteiger partial charge < -0.3 is 14.6 Å². The molecular weight excluding hydrogens is 445 g/mol. The third-order valence-electron chi connectivity index (χ3n) is 4.60.